The molecule has 1 saturated heterocycles. The van der Waals surface area contributed by atoms with Gasteiger partial charge in [-0.1, -0.05) is 36.2 Å². The lowest BCUT2D eigenvalue weighted by molar-refractivity contribution is 0.211. The molecule has 0 saturated carbocycles. The number of nitrogens with zero attached hydrogens (tertiary/aromatic N) is 1. The molecule has 3 rings (SSSR count). The van der Waals surface area contributed by atoms with Crippen molar-refractivity contribution < 1.29 is 13.6 Å². The van der Waals surface area contributed by atoms with Gasteiger partial charge < -0.3 is 10.2 Å². The Hall–Kier alpha value is -2.14. The summed E-state index contributed by atoms with van der Waals surface area (Å²) < 4.78 is 27.5. The molecule has 132 valence electrons. The van der Waals surface area contributed by atoms with Crippen LogP contribution in [0.4, 0.5) is 19.3 Å². The van der Waals surface area contributed by atoms with Crippen LogP contribution in [-0.2, 0) is 0 Å². The highest BCUT2D eigenvalue weighted by Crippen LogP contribution is 2.28. The molecule has 0 aromatic heterocycles. The van der Waals surface area contributed by atoms with Crippen molar-refractivity contribution in [2.45, 2.75) is 25.2 Å². The summed E-state index contributed by atoms with van der Waals surface area (Å²) in [5.41, 5.74) is 0.709. The molecule has 0 bridgehead atoms. The molecule has 6 heteroatoms. The fraction of sp³-hybridized carbons (Fsp3) is 0.316. The lowest BCUT2D eigenvalue weighted by atomic mass is 9.94. The third kappa shape index (κ3) is 4.28. The first-order valence-corrected chi connectivity index (χ1v) is 8.68. The zero-order valence-corrected chi connectivity index (χ0v) is 14.4. The van der Waals surface area contributed by atoms with Crippen LogP contribution >= 0.6 is 11.6 Å². The van der Waals surface area contributed by atoms with Gasteiger partial charge in [0, 0.05) is 24.0 Å². The smallest absolute Gasteiger partial charge is 0.322 e. The van der Waals surface area contributed by atoms with Gasteiger partial charge in [0.2, 0.25) is 0 Å². The zero-order valence-electron chi connectivity index (χ0n) is 13.6. The number of urea groups is 1. The van der Waals surface area contributed by atoms with Crippen molar-refractivity contribution in [1.82, 2.24) is 4.90 Å². The molecule has 1 aliphatic heterocycles. The van der Waals surface area contributed by atoms with Crippen LogP contribution in [0.1, 0.15) is 30.7 Å². The van der Waals surface area contributed by atoms with E-state index in [2.05, 4.69) is 5.32 Å². The fourth-order valence-corrected chi connectivity index (χ4v) is 3.26. The maximum absolute atomic E-state index is 13.8. The van der Waals surface area contributed by atoms with Gasteiger partial charge in [-0.25, -0.2) is 13.6 Å². The van der Waals surface area contributed by atoms with Crippen LogP contribution in [0.2, 0.25) is 5.02 Å². The van der Waals surface area contributed by atoms with Gasteiger partial charge in [-0.15, -0.1) is 0 Å². The van der Waals surface area contributed by atoms with E-state index in [1.165, 1.54) is 6.07 Å². The summed E-state index contributed by atoms with van der Waals surface area (Å²) in [7, 11) is 0. The monoisotopic (exact) mass is 364 g/mol. The fourth-order valence-electron chi connectivity index (χ4n) is 3.14. The second-order valence-electron chi connectivity index (χ2n) is 6.22. The Kier molecular flexibility index (Phi) is 5.53. The van der Waals surface area contributed by atoms with Crippen molar-refractivity contribution >= 4 is 23.3 Å². The van der Waals surface area contributed by atoms with Crippen molar-refractivity contribution in [3.8, 4) is 0 Å². The van der Waals surface area contributed by atoms with Crippen molar-refractivity contribution in [2.75, 3.05) is 18.4 Å². The number of carbonyl (C=O) groups is 1. The standard InChI is InChI=1S/C19H19ClF2N2O/c20-15-9-7-13(8-10-15)14-4-1-2-11-24(12-14)19(25)23-18-16(21)5-3-6-17(18)22/h3,5-10,14H,1-2,4,11-12H2,(H,23,25). The topological polar surface area (TPSA) is 32.3 Å². The largest absolute Gasteiger partial charge is 0.324 e. The summed E-state index contributed by atoms with van der Waals surface area (Å²) in [6.45, 7) is 1.07. The third-order valence-corrected chi connectivity index (χ3v) is 4.75. The number of para-hydroxylation sites is 1. The van der Waals surface area contributed by atoms with Crippen LogP contribution in [0.15, 0.2) is 42.5 Å². The van der Waals surface area contributed by atoms with Crippen LogP contribution in [0, 0.1) is 11.6 Å². The minimum atomic E-state index is -0.780. The SMILES string of the molecule is O=C(Nc1c(F)cccc1F)N1CCCCC(c2ccc(Cl)cc2)C1. The average molecular weight is 365 g/mol. The van der Waals surface area contributed by atoms with E-state index >= 15 is 0 Å². The van der Waals surface area contributed by atoms with Crippen LogP contribution < -0.4 is 5.32 Å². The summed E-state index contributed by atoms with van der Waals surface area (Å²) in [4.78, 5) is 14.1. The summed E-state index contributed by atoms with van der Waals surface area (Å²) in [5.74, 6) is -1.38. The molecule has 0 radical (unpaired) electrons. The number of carbonyl (C=O) groups excluding carboxylic acids is 1. The summed E-state index contributed by atoms with van der Waals surface area (Å²) in [5, 5.41) is 3.04. The van der Waals surface area contributed by atoms with E-state index in [1.807, 2.05) is 24.3 Å². The molecule has 1 atom stereocenters. The van der Waals surface area contributed by atoms with Gasteiger partial charge in [-0.05, 0) is 42.7 Å². The number of amides is 2. The highest BCUT2D eigenvalue weighted by molar-refractivity contribution is 6.30. The van der Waals surface area contributed by atoms with E-state index in [0.29, 0.717) is 18.1 Å². The molecule has 1 heterocycles. The maximum Gasteiger partial charge on any atom is 0.322 e. The van der Waals surface area contributed by atoms with Gasteiger partial charge in [0.05, 0.1) is 0 Å². The number of hydrogen-bond acceptors (Lipinski definition) is 1. The number of hydrogen-bond donors (Lipinski definition) is 1. The molecule has 25 heavy (non-hydrogen) atoms. The number of anilines is 1. The van der Waals surface area contributed by atoms with Crippen molar-refractivity contribution in [1.29, 1.82) is 0 Å². The molecule has 1 unspecified atom stereocenters. The number of benzene rings is 2. The van der Waals surface area contributed by atoms with Crippen molar-refractivity contribution in [3.05, 3.63) is 64.7 Å². The second kappa shape index (κ2) is 7.83. The number of rotatable bonds is 2. The van der Waals surface area contributed by atoms with Crippen LogP contribution in [0.3, 0.4) is 0 Å². The maximum atomic E-state index is 13.8. The molecular formula is C19H19ClF2N2O. The Bertz CT molecular complexity index is 731. The first-order chi connectivity index (χ1) is 12.0. The Morgan fingerprint density at radius 1 is 1.08 bits per heavy atom. The minimum Gasteiger partial charge on any atom is -0.324 e. The molecule has 2 aromatic carbocycles. The predicted octanol–water partition coefficient (Wildman–Crippen LogP) is 5.42. The third-order valence-electron chi connectivity index (χ3n) is 4.49. The van der Waals surface area contributed by atoms with Crippen LogP contribution in [0.5, 0.6) is 0 Å². The van der Waals surface area contributed by atoms with Crippen molar-refractivity contribution in [3.63, 3.8) is 0 Å². The number of likely N-dealkylation sites (tertiary alicyclic amines) is 1. The van der Waals surface area contributed by atoms with Gasteiger partial charge >= 0.3 is 6.03 Å². The molecule has 2 aromatic rings. The first-order valence-electron chi connectivity index (χ1n) is 8.30. The summed E-state index contributed by atoms with van der Waals surface area (Å²) >= 11 is 5.94. The average Bonchev–Trinajstić information content (AvgIpc) is 2.85. The van der Waals surface area contributed by atoms with Gasteiger partial charge in [0.15, 0.2) is 0 Å². The second-order valence-corrected chi connectivity index (χ2v) is 6.65. The van der Waals surface area contributed by atoms with Crippen molar-refractivity contribution in [2.24, 2.45) is 0 Å². The zero-order chi connectivity index (χ0) is 17.8. The number of halogens is 3. The number of nitrogens with one attached hydrogen (secondary N) is 1. The first kappa shape index (κ1) is 17.7. The molecule has 2 amide bonds. The lowest BCUT2D eigenvalue weighted by Crippen LogP contribution is -2.37. The van der Waals surface area contributed by atoms with Gasteiger partial charge in [-0.2, -0.15) is 0 Å². The Morgan fingerprint density at radius 3 is 2.44 bits per heavy atom. The van der Waals surface area contributed by atoms with Gasteiger partial charge in [0.25, 0.3) is 0 Å². The van der Waals surface area contributed by atoms with E-state index in [0.717, 1.165) is 37.0 Å². The van der Waals surface area contributed by atoms with Crippen LogP contribution in [0.25, 0.3) is 0 Å². The molecule has 0 aliphatic carbocycles. The molecular weight excluding hydrogens is 346 g/mol. The van der Waals surface area contributed by atoms with Crippen LogP contribution in [-0.4, -0.2) is 24.0 Å². The van der Waals surface area contributed by atoms with Gasteiger partial charge in [-0.3, -0.25) is 0 Å². The summed E-state index contributed by atoms with van der Waals surface area (Å²) in [6, 6.07) is 10.6. The molecule has 0 spiro atoms. The molecule has 1 N–H and O–H groups in total. The normalized spacial score (nSPS) is 17.9. The molecule has 1 fully saturated rings. The van der Waals surface area contributed by atoms with E-state index in [9.17, 15) is 13.6 Å². The summed E-state index contributed by atoms with van der Waals surface area (Å²) in [6.07, 6.45) is 2.81. The highest BCUT2D eigenvalue weighted by Gasteiger charge is 2.24. The Labute approximate surface area is 150 Å². The lowest BCUT2D eigenvalue weighted by Gasteiger charge is -2.25. The van der Waals surface area contributed by atoms with E-state index in [1.54, 1.807) is 4.90 Å². The molecule has 3 nitrogen and oxygen atoms in total. The van der Waals surface area contributed by atoms with E-state index in [4.69, 9.17) is 11.6 Å². The Balaban J connectivity index is 1.74. The van der Waals surface area contributed by atoms with E-state index in [-0.39, 0.29) is 5.92 Å². The minimum absolute atomic E-state index is 0.177. The quantitative estimate of drug-likeness (QED) is 0.758. The Morgan fingerprint density at radius 2 is 1.76 bits per heavy atom. The highest BCUT2D eigenvalue weighted by atomic mass is 35.5. The van der Waals surface area contributed by atoms with E-state index < -0.39 is 23.4 Å². The van der Waals surface area contributed by atoms with Gasteiger partial charge in [0.1, 0.15) is 17.3 Å². The molecule has 1 aliphatic rings. The predicted molar refractivity (Wildman–Crippen MR) is 95.0 cm³/mol.